The van der Waals surface area contributed by atoms with Crippen LogP contribution < -0.4 is 10.6 Å². The number of nitriles is 1. The topological polar surface area (TPSA) is 140 Å². The van der Waals surface area contributed by atoms with Crippen LogP contribution >= 0.6 is 11.8 Å². The molecule has 0 aliphatic heterocycles. The van der Waals surface area contributed by atoms with Crippen LogP contribution in [-0.2, 0) is 20.8 Å². The predicted molar refractivity (Wildman–Crippen MR) is 97.7 cm³/mol. The predicted octanol–water partition coefficient (Wildman–Crippen LogP) is 1.46. The van der Waals surface area contributed by atoms with Gasteiger partial charge in [-0.15, -0.1) is 0 Å². The van der Waals surface area contributed by atoms with Crippen molar-refractivity contribution in [1.29, 1.82) is 5.26 Å². The van der Waals surface area contributed by atoms with E-state index in [2.05, 4.69) is 10.6 Å². The lowest BCUT2D eigenvalue weighted by Gasteiger charge is -2.13. The lowest BCUT2D eigenvalue weighted by molar-refractivity contribution is -0.141. The average molecular weight is 377 g/mol. The first-order chi connectivity index (χ1) is 12.4. The normalized spacial score (nSPS) is 11.9. The van der Waals surface area contributed by atoms with E-state index in [1.54, 1.807) is 30.3 Å². The summed E-state index contributed by atoms with van der Waals surface area (Å²) in [5.41, 5.74) is 0.898. The Balaban J connectivity index is 2.74. The van der Waals surface area contributed by atoms with Crippen molar-refractivity contribution in [2.45, 2.75) is 18.9 Å². The van der Waals surface area contributed by atoms with Crippen molar-refractivity contribution in [3.05, 3.63) is 41.6 Å². The van der Waals surface area contributed by atoms with Crippen LogP contribution in [0.1, 0.15) is 12.0 Å². The number of nitrogens with one attached hydrogen (secondary N) is 2. The maximum Gasteiger partial charge on any atom is 0.326 e. The maximum atomic E-state index is 12.1. The fourth-order valence-electron chi connectivity index (χ4n) is 1.93. The quantitative estimate of drug-likeness (QED) is 0.355. The van der Waals surface area contributed by atoms with Gasteiger partial charge >= 0.3 is 11.9 Å². The molecule has 0 spiro atoms. The third-order valence-corrected chi connectivity index (χ3v) is 3.92. The number of hydrogen-bond acceptors (Lipinski definition) is 6. The molecule has 0 aliphatic carbocycles. The summed E-state index contributed by atoms with van der Waals surface area (Å²) in [7, 11) is 0. The van der Waals surface area contributed by atoms with Crippen LogP contribution in [-0.4, -0.2) is 46.1 Å². The van der Waals surface area contributed by atoms with E-state index < -0.39 is 23.9 Å². The number of carboxylic acids is 2. The molecule has 9 heteroatoms. The van der Waals surface area contributed by atoms with Gasteiger partial charge in [-0.25, -0.2) is 4.79 Å². The molecule has 1 aromatic rings. The number of carbonyl (C=O) groups is 3. The highest BCUT2D eigenvalue weighted by molar-refractivity contribution is 7.98. The Morgan fingerprint density at radius 1 is 1.27 bits per heavy atom. The largest absolute Gasteiger partial charge is 0.481 e. The van der Waals surface area contributed by atoms with E-state index in [1.165, 1.54) is 18.0 Å². The van der Waals surface area contributed by atoms with Gasteiger partial charge in [0.05, 0.1) is 6.42 Å². The van der Waals surface area contributed by atoms with Crippen molar-refractivity contribution in [3.8, 4) is 6.07 Å². The molecule has 138 valence electrons. The van der Waals surface area contributed by atoms with E-state index in [0.29, 0.717) is 17.0 Å². The fourth-order valence-corrected chi connectivity index (χ4v) is 2.40. The van der Waals surface area contributed by atoms with Crippen molar-refractivity contribution in [1.82, 2.24) is 5.32 Å². The number of amides is 1. The zero-order valence-electron chi connectivity index (χ0n) is 14.1. The second-order valence-corrected chi connectivity index (χ2v) is 6.21. The molecule has 0 saturated heterocycles. The van der Waals surface area contributed by atoms with E-state index in [1.807, 2.05) is 6.26 Å². The van der Waals surface area contributed by atoms with Crippen molar-refractivity contribution >= 4 is 35.3 Å². The van der Waals surface area contributed by atoms with E-state index in [9.17, 15) is 14.4 Å². The number of anilines is 1. The second kappa shape index (κ2) is 10.8. The van der Waals surface area contributed by atoms with Gasteiger partial charge in [0.15, 0.2) is 0 Å². The first-order valence-electron chi connectivity index (χ1n) is 7.57. The maximum absolute atomic E-state index is 12.1. The van der Waals surface area contributed by atoms with Gasteiger partial charge in [-0.2, -0.15) is 17.0 Å². The van der Waals surface area contributed by atoms with E-state index in [4.69, 9.17) is 15.5 Å². The Labute approximate surface area is 154 Å². The minimum absolute atomic E-state index is 0.103. The molecule has 0 heterocycles. The molecule has 0 aliphatic rings. The lowest BCUT2D eigenvalue weighted by atomic mass is 10.1. The van der Waals surface area contributed by atoms with Crippen LogP contribution in [0.15, 0.2) is 36.0 Å². The molecule has 1 aromatic carbocycles. The standard InChI is InChI=1S/C17H19N3O5S/c1-26-7-6-14(17(24)25)20-16(23)12(9-18)10-19-13-4-2-11(3-5-13)8-15(21)22/h2-5,10,14,19H,6-8H2,1H3,(H,20,23)(H,21,22)(H,24,25)/b12-10-. The third-order valence-electron chi connectivity index (χ3n) is 3.27. The van der Waals surface area contributed by atoms with Crippen molar-refractivity contribution in [2.75, 3.05) is 17.3 Å². The number of rotatable bonds is 10. The number of thioether (sulfide) groups is 1. The molecule has 1 unspecified atom stereocenters. The smallest absolute Gasteiger partial charge is 0.326 e. The Bertz CT molecular complexity index is 725. The zero-order chi connectivity index (χ0) is 19.5. The molecule has 0 aromatic heterocycles. The molecular formula is C17H19N3O5S. The first kappa shape index (κ1) is 21.1. The van der Waals surface area contributed by atoms with Gasteiger partial charge in [0, 0.05) is 11.9 Å². The minimum atomic E-state index is -1.16. The van der Waals surface area contributed by atoms with Crippen molar-refractivity contribution < 1.29 is 24.6 Å². The zero-order valence-corrected chi connectivity index (χ0v) is 14.9. The Hall–Kier alpha value is -2.99. The number of carbonyl (C=O) groups excluding carboxylic acids is 1. The van der Waals surface area contributed by atoms with Gasteiger partial charge in [-0.05, 0) is 36.1 Å². The number of carboxylic acid groups (broad SMARTS) is 2. The summed E-state index contributed by atoms with van der Waals surface area (Å²) in [5, 5.41) is 32.0. The number of hydrogen-bond donors (Lipinski definition) is 4. The summed E-state index contributed by atoms with van der Waals surface area (Å²) in [6.07, 6.45) is 3.15. The number of benzene rings is 1. The highest BCUT2D eigenvalue weighted by atomic mass is 32.2. The van der Waals surface area contributed by atoms with Crippen LogP contribution in [0.5, 0.6) is 0 Å². The molecule has 4 N–H and O–H groups in total. The molecule has 0 fully saturated rings. The lowest BCUT2D eigenvalue weighted by Crippen LogP contribution is -2.41. The molecule has 1 amide bonds. The van der Waals surface area contributed by atoms with Crippen LogP contribution in [0.25, 0.3) is 0 Å². The monoisotopic (exact) mass is 377 g/mol. The summed E-state index contributed by atoms with van der Waals surface area (Å²) >= 11 is 1.46. The average Bonchev–Trinajstić information content (AvgIpc) is 2.59. The summed E-state index contributed by atoms with van der Waals surface area (Å²) in [6.45, 7) is 0. The van der Waals surface area contributed by atoms with Gasteiger partial charge in [-0.3, -0.25) is 9.59 Å². The SMILES string of the molecule is CSCCC(NC(=O)/C(C#N)=C\Nc1ccc(CC(=O)O)cc1)C(=O)O. The Morgan fingerprint density at radius 3 is 2.42 bits per heavy atom. The molecule has 1 atom stereocenters. The summed E-state index contributed by atoms with van der Waals surface area (Å²) in [4.78, 5) is 33.9. The van der Waals surface area contributed by atoms with Crippen LogP contribution in [0.4, 0.5) is 5.69 Å². The Morgan fingerprint density at radius 2 is 1.92 bits per heavy atom. The van der Waals surface area contributed by atoms with Gasteiger partial charge in [-0.1, -0.05) is 12.1 Å². The third kappa shape index (κ3) is 7.27. The summed E-state index contributed by atoms with van der Waals surface area (Å²) in [5.74, 6) is -2.32. The molecule has 0 saturated carbocycles. The van der Waals surface area contributed by atoms with Gasteiger partial charge in [0.2, 0.25) is 0 Å². The fraction of sp³-hybridized carbons (Fsp3) is 0.294. The van der Waals surface area contributed by atoms with Crippen molar-refractivity contribution in [2.24, 2.45) is 0 Å². The van der Waals surface area contributed by atoms with Gasteiger partial charge in [0.25, 0.3) is 5.91 Å². The molecule has 1 rings (SSSR count). The van der Waals surface area contributed by atoms with Gasteiger partial charge in [0.1, 0.15) is 17.7 Å². The second-order valence-electron chi connectivity index (χ2n) is 5.23. The summed E-state index contributed by atoms with van der Waals surface area (Å²) < 4.78 is 0. The van der Waals surface area contributed by atoms with Crippen LogP contribution in [0, 0.1) is 11.3 Å². The first-order valence-corrected chi connectivity index (χ1v) is 8.97. The number of aliphatic carboxylic acids is 2. The summed E-state index contributed by atoms with van der Waals surface area (Å²) in [6, 6.07) is 7.10. The van der Waals surface area contributed by atoms with Crippen molar-refractivity contribution in [3.63, 3.8) is 0 Å². The van der Waals surface area contributed by atoms with E-state index >= 15 is 0 Å². The molecule has 0 bridgehead atoms. The molecule has 26 heavy (non-hydrogen) atoms. The molecule has 8 nitrogen and oxygen atoms in total. The van der Waals surface area contributed by atoms with E-state index in [-0.39, 0.29) is 18.4 Å². The highest BCUT2D eigenvalue weighted by Crippen LogP contribution is 2.11. The minimum Gasteiger partial charge on any atom is -0.481 e. The van der Waals surface area contributed by atoms with E-state index in [0.717, 1.165) is 0 Å². The van der Waals surface area contributed by atoms with Gasteiger partial charge < -0.3 is 20.8 Å². The van der Waals surface area contributed by atoms with Crippen LogP contribution in [0.3, 0.4) is 0 Å². The molecular weight excluding hydrogens is 358 g/mol. The Kier molecular flexibility index (Phi) is 8.74. The van der Waals surface area contributed by atoms with Crippen LogP contribution in [0.2, 0.25) is 0 Å². The molecule has 0 radical (unpaired) electrons. The number of nitrogens with zero attached hydrogens (tertiary/aromatic N) is 1. The highest BCUT2D eigenvalue weighted by Gasteiger charge is 2.21.